The lowest BCUT2D eigenvalue weighted by molar-refractivity contribution is -0.159. The third kappa shape index (κ3) is 2.95. The third-order valence-corrected chi connectivity index (χ3v) is 5.41. The minimum atomic E-state index is -0.681. The van der Waals surface area contributed by atoms with Gasteiger partial charge >= 0.3 is 0 Å². The molecule has 1 aliphatic heterocycles. The van der Waals surface area contributed by atoms with Crippen LogP contribution in [-0.4, -0.2) is 34.3 Å². The highest BCUT2D eigenvalue weighted by atomic mass is 16.2. The molecule has 0 spiro atoms. The Balaban J connectivity index is 2.30. The summed E-state index contributed by atoms with van der Waals surface area (Å²) in [5.74, 6) is 0.949. The SMILES string of the molecule is CCC(CC1CC1)N1C(=O)C(CC)(CC)NC(=O)C1CC. The highest BCUT2D eigenvalue weighted by molar-refractivity contribution is 6.00. The second-order valence-electron chi connectivity index (χ2n) is 6.66. The van der Waals surface area contributed by atoms with Crippen molar-refractivity contribution in [1.29, 1.82) is 0 Å². The number of rotatable bonds is 7. The van der Waals surface area contributed by atoms with Crippen LogP contribution in [-0.2, 0) is 9.59 Å². The van der Waals surface area contributed by atoms with Gasteiger partial charge < -0.3 is 10.2 Å². The van der Waals surface area contributed by atoms with E-state index in [1.54, 1.807) is 0 Å². The summed E-state index contributed by atoms with van der Waals surface area (Å²) in [6.07, 6.45) is 6.61. The van der Waals surface area contributed by atoms with E-state index in [4.69, 9.17) is 0 Å². The molecule has 120 valence electrons. The molecular weight excluding hydrogens is 264 g/mol. The van der Waals surface area contributed by atoms with Crippen molar-refractivity contribution >= 4 is 11.8 Å². The molecule has 0 aromatic rings. The quantitative estimate of drug-likeness (QED) is 0.785. The van der Waals surface area contributed by atoms with Gasteiger partial charge in [0.2, 0.25) is 11.8 Å². The molecule has 1 saturated carbocycles. The van der Waals surface area contributed by atoms with Crippen LogP contribution in [0.3, 0.4) is 0 Å². The monoisotopic (exact) mass is 294 g/mol. The van der Waals surface area contributed by atoms with E-state index in [9.17, 15) is 9.59 Å². The molecule has 2 atom stereocenters. The Bertz CT molecular complexity index is 400. The number of carbonyl (C=O) groups excluding carboxylic acids is 2. The molecule has 0 bridgehead atoms. The summed E-state index contributed by atoms with van der Waals surface area (Å²) in [5.41, 5.74) is -0.681. The average molecular weight is 294 g/mol. The summed E-state index contributed by atoms with van der Waals surface area (Å²) >= 11 is 0. The van der Waals surface area contributed by atoms with Gasteiger partial charge in [-0.15, -0.1) is 0 Å². The zero-order valence-corrected chi connectivity index (χ0v) is 13.9. The van der Waals surface area contributed by atoms with Gasteiger partial charge in [0.25, 0.3) is 0 Å². The second kappa shape index (κ2) is 6.37. The molecule has 0 radical (unpaired) electrons. The van der Waals surface area contributed by atoms with Crippen LogP contribution in [0.1, 0.15) is 72.6 Å². The van der Waals surface area contributed by atoms with E-state index in [1.807, 2.05) is 25.7 Å². The maximum atomic E-state index is 13.1. The molecule has 4 nitrogen and oxygen atoms in total. The Hall–Kier alpha value is -1.06. The number of hydrogen-bond acceptors (Lipinski definition) is 2. The zero-order valence-electron chi connectivity index (χ0n) is 13.9. The Morgan fingerprint density at radius 2 is 1.81 bits per heavy atom. The van der Waals surface area contributed by atoms with E-state index in [-0.39, 0.29) is 23.9 Å². The van der Waals surface area contributed by atoms with E-state index in [0.29, 0.717) is 19.3 Å². The highest BCUT2D eigenvalue weighted by Crippen LogP contribution is 2.38. The van der Waals surface area contributed by atoms with Crippen molar-refractivity contribution in [2.75, 3.05) is 0 Å². The van der Waals surface area contributed by atoms with Crippen LogP contribution >= 0.6 is 0 Å². The Kier molecular flexibility index (Phi) is 4.95. The summed E-state index contributed by atoms with van der Waals surface area (Å²) in [6, 6.07) is -0.0640. The van der Waals surface area contributed by atoms with Crippen molar-refractivity contribution in [2.24, 2.45) is 5.92 Å². The van der Waals surface area contributed by atoms with Crippen molar-refractivity contribution in [1.82, 2.24) is 10.2 Å². The fourth-order valence-electron chi connectivity index (χ4n) is 3.63. The van der Waals surface area contributed by atoms with Gasteiger partial charge in [0.15, 0.2) is 0 Å². The molecule has 4 heteroatoms. The predicted octanol–water partition coefficient (Wildman–Crippen LogP) is 2.86. The fraction of sp³-hybridized carbons (Fsp3) is 0.882. The molecule has 2 aliphatic rings. The average Bonchev–Trinajstić information content (AvgIpc) is 3.30. The summed E-state index contributed by atoms with van der Waals surface area (Å²) in [6.45, 7) is 8.13. The van der Waals surface area contributed by atoms with Crippen molar-refractivity contribution in [3.8, 4) is 0 Å². The molecule has 21 heavy (non-hydrogen) atoms. The molecule has 0 aromatic carbocycles. The minimum absolute atomic E-state index is 0.0371. The van der Waals surface area contributed by atoms with Gasteiger partial charge in [-0.05, 0) is 38.0 Å². The van der Waals surface area contributed by atoms with E-state index in [0.717, 1.165) is 18.8 Å². The normalized spacial score (nSPS) is 26.7. The second-order valence-corrected chi connectivity index (χ2v) is 6.66. The Morgan fingerprint density at radius 3 is 2.24 bits per heavy atom. The van der Waals surface area contributed by atoms with Crippen LogP contribution in [0.2, 0.25) is 0 Å². The molecule has 0 aromatic heterocycles. The lowest BCUT2D eigenvalue weighted by Crippen LogP contribution is -2.71. The fourth-order valence-corrected chi connectivity index (χ4v) is 3.63. The van der Waals surface area contributed by atoms with Crippen molar-refractivity contribution in [3.05, 3.63) is 0 Å². The summed E-state index contributed by atoms with van der Waals surface area (Å²) in [7, 11) is 0. The molecule has 1 heterocycles. The number of amides is 2. The minimum Gasteiger partial charge on any atom is -0.340 e. The summed E-state index contributed by atoms with van der Waals surface area (Å²) < 4.78 is 0. The van der Waals surface area contributed by atoms with Gasteiger partial charge in [0.1, 0.15) is 11.6 Å². The first-order valence-corrected chi connectivity index (χ1v) is 8.67. The third-order valence-electron chi connectivity index (χ3n) is 5.41. The Morgan fingerprint density at radius 1 is 1.19 bits per heavy atom. The maximum absolute atomic E-state index is 13.1. The van der Waals surface area contributed by atoms with E-state index in [1.165, 1.54) is 12.8 Å². The van der Waals surface area contributed by atoms with Crippen LogP contribution in [0, 0.1) is 5.92 Å². The highest BCUT2D eigenvalue weighted by Gasteiger charge is 2.50. The standard InChI is InChI=1S/C17H30N2O2/c1-5-13(11-12-9-10-12)19-14(6-2)15(20)18-17(7-3,8-4)16(19)21/h12-14H,5-11H2,1-4H3,(H,18,20). The molecule has 2 fully saturated rings. The molecule has 2 rings (SSSR count). The number of piperazine rings is 1. The first kappa shape index (κ1) is 16.3. The molecular formula is C17H30N2O2. The molecule has 1 N–H and O–H groups in total. The van der Waals surface area contributed by atoms with E-state index >= 15 is 0 Å². The lowest BCUT2D eigenvalue weighted by Gasteiger charge is -2.48. The molecule has 1 saturated heterocycles. The summed E-state index contributed by atoms with van der Waals surface area (Å²) in [4.78, 5) is 27.6. The maximum Gasteiger partial charge on any atom is 0.249 e. The summed E-state index contributed by atoms with van der Waals surface area (Å²) in [5, 5.41) is 3.03. The first-order chi connectivity index (χ1) is 10.0. The van der Waals surface area contributed by atoms with Gasteiger partial charge in [-0.1, -0.05) is 40.5 Å². The molecule has 2 amide bonds. The Labute approximate surface area is 128 Å². The van der Waals surface area contributed by atoms with Crippen molar-refractivity contribution < 1.29 is 9.59 Å². The zero-order chi connectivity index (χ0) is 15.6. The number of nitrogens with one attached hydrogen (secondary N) is 1. The van der Waals surface area contributed by atoms with Crippen LogP contribution in [0.4, 0.5) is 0 Å². The smallest absolute Gasteiger partial charge is 0.249 e. The van der Waals surface area contributed by atoms with Gasteiger partial charge in [0.05, 0.1) is 0 Å². The number of carbonyl (C=O) groups is 2. The van der Waals surface area contributed by atoms with E-state index < -0.39 is 5.54 Å². The molecule has 2 unspecified atom stereocenters. The van der Waals surface area contributed by atoms with Gasteiger partial charge in [-0.25, -0.2) is 0 Å². The number of nitrogens with zero attached hydrogens (tertiary/aromatic N) is 1. The molecule has 1 aliphatic carbocycles. The van der Waals surface area contributed by atoms with Crippen molar-refractivity contribution in [2.45, 2.75) is 90.3 Å². The van der Waals surface area contributed by atoms with Crippen LogP contribution in [0.15, 0.2) is 0 Å². The van der Waals surface area contributed by atoms with Gasteiger partial charge in [-0.3, -0.25) is 9.59 Å². The van der Waals surface area contributed by atoms with Crippen molar-refractivity contribution in [3.63, 3.8) is 0 Å². The van der Waals surface area contributed by atoms with Crippen LogP contribution in [0.25, 0.3) is 0 Å². The first-order valence-electron chi connectivity index (χ1n) is 8.67. The van der Waals surface area contributed by atoms with Gasteiger partial charge in [-0.2, -0.15) is 0 Å². The van der Waals surface area contributed by atoms with E-state index in [2.05, 4.69) is 12.2 Å². The predicted molar refractivity (Wildman–Crippen MR) is 83.8 cm³/mol. The lowest BCUT2D eigenvalue weighted by atomic mass is 9.85. The van der Waals surface area contributed by atoms with Gasteiger partial charge in [0, 0.05) is 6.04 Å². The largest absolute Gasteiger partial charge is 0.340 e. The van der Waals surface area contributed by atoms with Crippen LogP contribution in [0.5, 0.6) is 0 Å². The topological polar surface area (TPSA) is 49.4 Å². The number of hydrogen-bond donors (Lipinski definition) is 1. The van der Waals surface area contributed by atoms with Crippen LogP contribution < -0.4 is 5.32 Å².